The van der Waals surface area contributed by atoms with E-state index in [0.717, 1.165) is 16.3 Å². The van der Waals surface area contributed by atoms with E-state index in [-0.39, 0.29) is 18.2 Å². The number of nitro groups is 1. The van der Waals surface area contributed by atoms with Crippen molar-refractivity contribution in [2.75, 3.05) is 11.9 Å². The molecule has 0 fully saturated rings. The van der Waals surface area contributed by atoms with E-state index in [1.54, 1.807) is 19.1 Å². The SMILES string of the molecule is Cc1ccc([N+](=O)[O-])cc1NC(=O)COc1ccc2ccccc2c1. The highest BCUT2D eigenvalue weighted by atomic mass is 16.6. The largest absolute Gasteiger partial charge is 0.484 e. The van der Waals surface area contributed by atoms with Crippen molar-refractivity contribution in [1.82, 2.24) is 0 Å². The summed E-state index contributed by atoms with van der Waals surface area (Å²) in [6.07, 6.45) is 0. The molecule has 0 radical (unpaired) electrons. The Kier molecular flexibility index (Phi) is 4.61. The van der Waals surface area contributed by atoms with Gasteiger partial charge in [-0.2, -0.15) is 0 Å². The summed E-state index contributed by atoms with van der Waals surface area (Å²) in [7, 11) is 0. The molecule has 0 bridgehead atoms. The first-order valence-electron chi connectivity index (χ1n) is 7.69. The van der Waals surface area contributed by atoms with E-state index >= 15 is 0 Å². The van der Waals surface area contributed by atoms with Crippen molar-refractivity contribution in [1.29, 1.82) is 0 Å². The van der Waals surface area contributed by atoms with Gasteiger partial charge in [-0.1, -0.05) is 36.4 Å². The second-order valence-electron chi connectivity index (χ2n) is 5.60. The van der Waals surface area contributed by atoms with E-state index in [0.29, 0.717) is 11.4 Å². The topological polar surface area (TPSA) is 81.5 Å². The number of anilines is 1. The number of aryl methyl sites for hydroxylation is 1. The van der Waals surface area contributed by atoms with Crippen LogP contribution >= 0.6 is 0 Å². The average molecular weight is 336 g/mol. The lowest BCUT2D eigenvalue weighted by Crippen LogP contribution is -2.20. The van der Waals surface area contributed by atoms with Crippen molar-refractivity contribution in [3.05, 3.63) is 76.3 Å². The highest BCUT2D eigenvalue weighted by Crippen LogP contribution is 2.23. The Morgan fingerprint density at radius 1 is 1.08 bits per heavy atom. The number of amides is 1. The van der Waals surface area contributed by atoms with E-state index in [9.17, 15) is 14.9 Å². The van der Waals surface area contributed by atoms with Crippen LogP contribution in [0.4, 0.5) is 11.4 Å². The Bertz CT molecular complexity index is 953. The lowest BCUT2D eigenvalue weighted by Gasteiger charge is -2.10. The summed E-state index contributed by atoms with van der Waals surface area (Å²) >= 11 is 0. The molecule has 0 aliphatic heterocycles. The number of rotatable bonds is 5. The highest BCUT2D eigenvalue weighted by Gasteiger charge is 2.11. The number of nitrogens with zero attached hydrogens (tertiary/aromatic N) is 1. The monoisotopic (exact) mass is 336 g/mol. The van der Waals surface area contributed by atoms with E-state index in [2.05, 4.69) is 5.32 Å². The maximum Gasteiger partial charge on any atom is 0.271 e. The zero-order chi connectivity index (χ0) is 17.8. The van der Waals surface area contributed by atoms with Crippen molar-refractivity contribution < 1.29 is 14.5 Å². The molecule has 0 atom stereocenters. The van der Waals surface area contributed by atoms with Crippen LogP contribution in [0.5, 0.6) is 5.75 Å². The summed E-state index contributed by atoms with van der Waals surface area (Å²) in [5.41, 5.74) is 1.07. The standard InChI is InChI=1S/C19H16N2O4/c1-13-6-8-16(21(23)24)11-18(13)20-19(22)12-25-17-9-7-14-4-2-3-5-15(14)10-17/h2-11H,12H2,1H3,(H,20,22). The number of hydrogen-bond donors (Lipinski definition) is 1. The van der Waals surface area contributed by atoms with Gasteiger partial charge in [-0.05, 0) is 35.4 Å². The number of non-ortho nitro benzene ring substituents is 1. The molecule has 3 aromatic carbocycles. The molecule has 126 valence electrons. The molecule has 3 rings (SSSR count). The van der Waals surface area contributed by atoms with Gasteiger partial charge in [-0.3, -0.25) is 14.9 Å². The van der Waals surface area contributed by atoms with Crippen LogP contribution in [0.15, 0.2) is 60.7 Å². The average Bonchev–Trinajstić information content (AvgIpc) is 2.61. The fourth-order valence-corrected chi connectivity index (χ4v) is 2.45. The zero-order valence-corrected chi connectivity index (χ0v) is 13.6. The van der Waals surface area contributed by atoms with Crippen LogP contribution in [0.3, 0.4) is 0 Å². The molecule has 0 saturated carbocycles. The fourth-order valence-electron chi connectivity index (χ4n) is 2.45. The van der Waals surface area contributed by atoms with E-state index < -0.39 is 4.92 Å². The quantitative estimate of drug-likeness (QED) is 0.562. The normalized spacial score (nSPS) is 10.4. The van der Waals surface area contributed by atoms with Gasteiger partial charge >= 0.3 is 0 Å². The van der Waals surface area contributed by atoms with Crippen molar-refractivity contribution in [2.45, 2.75) is 6.92 Å². The number of nitro benzene ring substituents is 1. The zero-order valence-electron chi connectivity index (χ0n) is 13.6. The predicted octanol–water partition coefficient (Wildman–Crippen LogP) is 4.07. The van der Waals surface area contributed by atoms with Crippen molar-refractivity contribution >= 4 is 28.1 Å². The Morgan fingerprint density at radius 2 is 1.84 bits per heavy atom. The van der Waals surface area contributed by atoms with E-state index in [1.165, 1.54) is 12.1 Å². The first-order chi connectivity index (χ1) is 12.0. The summed E-state index contributed by atoms with van der Waals surface area (Å²) in [6.45, 7) is 1.59. The van der Waals surface area contributed by atoms with E-state index in [1.807, 2.05) is 36.4 Å². The molecule has 0 spiro atoms. The summed E-state index contributed by atoms with van der Waals surface area (Å²) in [4.78, 5) is 22.4. The van der Waals surface area contributed by atoms with Gasteiger partial charge in [-0.15, -0.1) is 0 Å². The van der Waals surface area contributed by atoms with Crippen LogP contribution in [0.25, 0.3) is 10.8 Å². The van der Waals surface area contributed by atoms with Gasteiger partial charge in [0.1, 0.15) is 5.75 Å². The number of hydrogen-bond acceptors (Lipinski definition) is 4. The molecule has 0 unspecified atom stereocenters. The first-order valence-corrected chi connectivity index (χ1v) is 7.69. The van der Waals surface area contributed by atoms with Crippen LogP contribution in [-0.2, 0) is 4.79 Å². The van der Waals surface area contributed by atoms with Gasteiger partial charge in [-0.25, -0.2) is 0 Å². The predicted molar refractivity (Wildman–Crippen MR) is 95.9 cm³/mol. The van der Waals surface area contributed by atoms with Crippen molar-refractivity contribution in [3.8, 4) is 5.75 Å². The number of fused-ring (bicyclic) bond motifs is 1. The van der Waals surface area contributed by atoms with Gasteiger partial charge in [0, 0.05) is 12.1 Å². The molecule has 3 aromatic rings. The minimum absolute atomic E-state index is 0.0728. The van der Waals surface area contributed by atoms with Crippen molar-refractivity contribution in [3.63, 3.8) is 0 Å². The number of benzene rings is 3. The van der Waals surface area contributed by atoms with Crippen LogP contribution in [0, 0.1) is 17.0 Å². The number of ether oxygens (including phenoxy) is 1. The summed E-state index contributed by atoms with van der Waals surface area (Å²) in [5, 5.41) is 15.6. The molecule has 0 aromatic heterocycles. The second kappa shape index (κ2) is 7.00. The number of nitrogens with one attached hydrogen (secondary N) is 1. The molecule has 0 saturated heterocycles. The first kappa shape index (κ1) is 16.4. The molecule has 1 N–H and O–H groups in total. The second-order valence-corrected chi connectivity index (χ2v) is 5.60. The fraction of sp³-hybridized carbons (Fsp3) is 0.105. The minimum atomic E-state index is -0.499. The molecule has 6 heteroatoms. The van der Waals surface area contributed by atoms with Crippen LogP contribution < -0.4 is 10.1 Å². The Morgan fingerprint density at radius 3 is 2.60 bits per heavy atom. The van der Waals surface area contributed by atoms with Crippen LogP contribution in [0.1, 0.15) is 5.56 Å². The van der Waals surface area contributed by atoms with Crippen molar-refractivity contribution in [2.24, 2.45) is 0 Å². The van der Waals surface area contributed by atoms with Gasteiger partial charge in [0.2, 0.25) is 0 Å². The lowest BCUT2D eigenvalue weighted by molar-refractivity contribution is -0.384. The minimum Gasteiger partial charge on any atom is -0.484 e. The van der Waals surface area contributed by atoms with Crippen LogP contribution in [-0.4, -0.2) is 17.4 Å². The molecule has 0 heterocycles. The van der Waals surface area contributed by atoms with Gasteiger partial charge < -0.3 is 10.1 Å². The van der Waals surface area contributed by atoms with Gasteiger partial charge in [0.05, 0.1) is 10.6 Å². The molecule has 0 aliphatic rings. The number of carbonyl (C=O) groups excluding carboxylic acids is 1. The summed E-state index contributed by atoms with van der Waals surface area (Å²) in [5.74, 6) is 0.210. The highest BCUT2D eigenvalue weighted by molar-refractivity contribution is 5.93. The molecule has 6 nitrogen and oxygen atoms in total. The Hall–Kier alpha value is -3.41. The lowest BCUT2D eigenvalue weighted by atomic mass is 10.1. The summed E-state index contributed by atoms with van der Waals surface area (Å²) < 4.78 is 5.52. The third-order valence-electron chi connectivity index (χ3n) is 3.80. The van der Waals surface area contributed by atoms with Gasteiger partial charge in [0.15, 0.2) is 6.61 Å². The smallest absolute Gasteiger partial charge is 0.271 e. The third kappa shape index (κ3) is 3.92. The molecular weight excluding hydrogens is 320 g/mol. The summed E-state index contributed by atoms with van der Waals surface area (Å²) in [6, 6.07) is 17.8. The third-order valence-corrected chi connectivity index (χ3v) is 3.80. The molecule has 0 aliphatic carbocycles. The Balaban J connectivity index is 1.66. The molecule has 1 amide bonds. The number of carbonyl (C=O) groups is 1. The maximum absolute atomic E-state index is 12.1. The van der Waals surface area contributed by atoms with E-state index in [4.69, 9.17) is 4.74 Å². The maximum atomic E-state index is 12.1. The molecular formula is C19H16N2O4. The van der Waals surface area contributed by atoms with Crippen LogP contribution in [0.2, 0.25) is 0 Å². The Labute approximate surface area is 144 Å². The molecule has 25 heavy (non-hydrogen) atoms. The van der Waals surface area contributed by atoms with Gasteiger partial charge in [0.25, 0.3) is 11.6 Å².